The minimum Gasteiger partial charge on any atom is -0.392 e. The van der Waals surface area contributed by atoms with E-state index in [1.807, 2.05) is 12.1 Å². The molecule has 1 aliphatic heterocycles. The van der Waals surface area contributed by atoms with Gasteiger partial charge >= 0.3 is 0 Å². The molecule has 0 saturated carbocycles. The molecule has 1 fully saturated rings. The van der Waals surface area contributed by atoms with Crippen molar-refractivity contribution in [2.24, 2.45) is 5.92 Å². The molecule has 2 aromatic carbocycles. The van der Waals surface area contributed by atoms with E-state index in [2.05, 4.69) is 60.8 Å². The predicted octanol–water partition coefficient (Wildman–Crippen LogP) is 2.43. The Morgan fingerprint density at radius 3 is 2.05 bits per heavy atom. The number of hydrogen-bond acceptors (Lipinski definition) is 1. The predicted molar refractivity (Wildman–Crippen MR) is 80.1 cm³/mol. The molecule has 2 heteroatoms. The summed E-state index contributed by atoms with van der Waals surface area (Å²) < 4.78 is 0. The van der Waals surface area contributed by atoms with Crippen LogP contribution in [0.4, 0.5) is 0 Å². The average Bonchev–Trinajstić information content (AvgIpc) is 2.51. The molecule has 0 aliphatic carbocycles. The second-order valence-corrected chi connectivity index (χ2v) is 5.81. The summed E-state index contributed by atoms with van der Waals surface area (Å²) in [6, 6.07) is 21.7. The van der Waals surface area contributed by atoms with Crippen molar-refractivity contribution < 1.29 is 10.4 Å². The van der Waals surface area contributed by atoms with Crippen LogP contribution in [0.25, 0.3) is 0 Å². The van der Waals surface area contributed by atoms with Crippen molar-refractivity contribution in [2.75, 3.05) is 0 Å². The van der Waals surface area contributed by atoms with Gasteiger partial charge in [0.1, 0.15) is 12.1 Å². The van der Waals surface area contributed by atoms with Gasteiger partial charge in [0.25, 0.3) is 0 Å². The third kappa shape index (κ3) is 2.62. The number of hydrogen-bond donors (Lipinski definition) is 2. The number of benzene rings is 2. The zero-order valence-electron chi connectivity index (χ0n) is 11.8. The molecule has 1 aliphatic rings. The maximum Gasteiger partial charge on any atom is 0.117 e. The molecule has 0 spiro atoms. The Balaban J connectivity index is 1.87. The number of piperidine rings is 1. The van der Waals surface area contributed by atoms with Gasteiger partial charge in [-0.3, -0.25) is 0 Å². The van der Waals surface area contributed by atoms with E-state index in [9.17, 15) is 5.11 Å². The maximum absolute atomic E-state index is 10.4. The Morgan fingerprint density at radius 1 is 0.900 bits per heavy atom. The van der Waals surface area contributed by atoms with Crippen molar-refractivity contribution in [3.05, 3.63) is 71.8 Å². The largest absolute Gasteiger partial charge is 0.392 e. The summed E-state index contributed by atoms with van der Waals surface area (Å²) in [7, 11) is 0. The van der Waals surface area contributed by atoms with Crippen molar-refractivity contribution in [2.45, 2.75) is 31.5 Å². The first kappa shape index (κ1) is 13.3. The lowest BCUT2D eigenvalue weighted by Crippen LogP contribution is -2.90. The molecule has 2 nitrogen and oxygen atoms in total. The first-order valence-electron chi connectivity index (χ1n) is 7.38. The summed E-state index contributed by atoms with van der Waals surface area (Å²) in [5, 5.41) is 12.8. The minimum absolute atomic E-state index is 0.240. The van der Waals surface area contributed by atoms with Gasteiger partial charge < -0.3 is 10.4 Å². The van der Waals surface area contributed by atoms with Gasteiger partial charge in [0.05, 0.1) is 6.10 Å². The van der Waals surface area contributed by atoms with Crippen LogP contribution >= 0.6 is 0 Å². The van der Waals surface area contributed by atoms with E-state index in [0.29, 0.717) is 12.1 Å². The van der Waals surface area contributed by atoms with Crippen LogP contribution in [0, 0.1) is 5.92 Å². The van der Waals surface area contributed by atoms with Gasteiger partial charge in [0.2, 0.25) is 0 Å². The Kier molecular flexibility index (Phi) is 3.86. The van der Waals surface area contributed by atoms with Crippen LogP contribution in [0.5, 0.6) is 0 Å². The molecule has 3 N–H and O–H groups in total. The van der Waals surface area contributed by atoms with E-state index >= 15 is 0 Å². The Labute approximate surface area is 120 Å². The third-order valence-electron chi connectivity index (χ3n) is 4.52. The smallest absolute Gasteiger partial charge is 0.117 e. The van der Waals surface area contributed by atoms with Crippen molar-refractivity contribution in [1.29, 1.82) is 0 Å². The summed E-state index contributed by atoms with van der Waals surface area (Å²) in [5.41, 5.74) is 2.61. The van der Waals surface area contributed by atoms with Gasteiger partial charge in [-0.05, 0) is 0 Å². The highest BCUT2D eigenvalue weighted by molar-refractivity contribution is 5.21. The second-order valence-electron chi connectivity index (χ2n) is 5.81. The van der Waals surface area contributed by atoms with E-state index in [1.165, 1.54) is 11.1 Å². The molecule has 1 saturated heterocycles. The SMILES string of the molecule is C[C@H]1[C@@H](c2ccccc2)[NH2+][C@@H](c2ccccc2)C[C@@H]1O. The van der Waals surface area contributed by atoms with E-state index in [0.717, 1.165) is 6.42 Å². The Bertz CT molecular complexity index is 540. The van der Waals surface area contributed by atoms with Gasteiger partial charge in [-0.25, -0.2) is 0 Å². The molecular formula is C18H22NO+. The van der Waals surface area contributed by atoms with Crippen molar-refractivity contribution >= 4 is 0 Å². The average molecular weight is 268 g/mol. The fourth-order valence-electron chi connectivity index (χ4n) is 3.26. The summed E-state index contributed by atoms with van der Waals surface area (Å²) in [4.78, 5) is 0. The van der Waals surface area contributed by atoms with Crippen molar-refractivity contribution in [3.63, 3.8) is 0 Å². The van der Waals surface area contributed by atoms with E-state index in [4.69, 9.17) is 0 Å². The van der Waals surface area contributed by atoms with E-state index in [-0.39, 0.29) is 12.0 Å². The maximum atomic E-state index is 10.4. The lowest BCUT2D eigenvalue weighted by molar-refractivity contribution is -0.752. The number of aliphatic hydroxyl groups is 1. The lowest BCUT2D eigenvalue weighted by atomic mass is 9.81. The highest BCUT2D eigenvalue weighted by Crippen LogP contribution is 2.31. The molecule has 3 rings (SSSR count). The van der Waals surface area contributed by atoms with Gasteiger partial charge in [0.15, 0.2) is 0 Å². The summed E-state index contributed by atoms with van der Waals surface area (Å²) >= 11 is 0. The number of aliphatic hydroxyl groups excluding tert-OH is 1. The summed E-state index contributed by atoms with van der Waals surface area (Å²) in [6.07, 6.45) is 0.588. The number of quaternary nitrogens is 1. The number of rotatable bonds is 2. The van der Waals surface area contributed by atoms with Crippen LogP contribution < -0.4 is 5.32 Å². The van der Waals surface area contributed by atoms with Crippen LogP contribution in [0.1, 0.15) is 36.6 Å². The molecule has 20 heavy (non-hydrogen) atoms. The van der Waals surface area contributed by atoms with Crippen LogP contribution in [-0.4, -0.2) is 11.2 Å². The standard InChI is InChI=1S/C18H21NO/c1-13-17(20)12-16(14-8-4-2-5-9-14)19-18(13)15-10-6-3-7-11-15/h2-11,13,16-20H,12H2,1H3/p+1/t13-,16-,17+,18+/m1/s1. The third-order valence-corrected chi connectivity index (χ3v) is 4.52. The molecule has 4 atom stereocenters. The molecule has 0 unspecified atom stereocenters. The monoisotopic (exact) mass is 268 g/mol. The van der Waals surface area contributed by atoms with Gasteiger partial charge in [-0.2, -0.15) is 0 Å². The van der Waals surface area contributed by atoms with Gasteiger partial charge in [0, 0.05) is 23.5 Å². The van der Waals surface area contributed by atoms with Crippen LogP contribution in [0.3, 0.4) is 0 Å². The van der Waals surface area contributed by atoms with Crippen molar-refractivity contribution in [1.82, 2.24) is 0 Å². The van der Waals surface area contributed by atoms with E-state index in [1.54, 1.807) is 0 Å². The first-order chi connectivity index (χ1) is 9.75. The molecule has 104 valence electrons. The zero-order chi connectivity index (χ0) is 13.9. The normalized spacial score (nSPS) is 30.1. The fourth-order valence-corrected chi connectivity index (χ4v) is 3.26. The Hall–Kier alpha value is -1.64. The van der Waals surface area contributed by atoms with E-state index < -0.39 is 0 Å². The highest BCUT2D eigenvalue weighted by Gasteiger charge is 2.38. The highest BCUT2D eigenvalue weighted by atomic mass is 16.3. The number of nitrogens with two attached hydrogens (primary N) is 1. The molecule has 0 aromatic heterocycles. The lowest BCUT2D eigenvalue weighted by Gasteiger charge is -2.36. The van der Waals surface area contributed by atoms with Crippen LogP contribution in [0.15, 0.2) is 60.7 Å². The molecule has 2 aromatic rings. The van der Waals surface area contributed by atoms with Crippen molar-refractivity contribution in [3.8, 4) is 0 Å². The van der Waals surface area contributed by atoms with Crippen LogP contribution in [0.2, 0.25) is 0 Å². The molecule has 0 radical (unpaired) electrons. The van der Waals surface area contributed by atoms with Gasteiger partial charge in [-0.1, -0.05) is 67.6 Å². The topological polar surface area (TPSA) is 36.8 Å². The fraction of sp³-hybridized carbons (Fsp3) is 0.333. The molecular weight excluding hydrogens is 246 g/mol. The first-order valence-corrected chi connectivity index (χ1v) is 7.38. The summed E-state index contributed by atoms with van der Waals surface area (Å²) in [5.74, 6) is 0.275. The quantitative estimate of drug-likeness (QED) is 0.862. The summed E-state index contributed by atoms with van der Waals surface area (Å²) in [6.45, 7) is 2.15. The van der Waals surface area contributed by atoms with Crippen LogP contribution in [-0.2, 0) is 0 Å². The van der Waals surface area contributed by atoms with Gasteiger partial charge in [-0.15, -0.1) is 0 Å². The Morgan fingerprint density at radius 2 is 1.45 bits per heavy atom. The minimum atomic E-state index is -0.240. The zero-order valence-corrected chi connectivity index (χ0v) is 11.8. The molecule has 0 bridgehead atoms. The molecule has 0 amide bonds. The second kappa shape index (κ2) is 5.78. The molecule has 1 heterocycles.